The van der Waals surface area contributed by atoms with Crippen molar-refractivity contribution in [1.82, 2.24) is 0 Å². The molecular weight excluding hydrogens is 244 g/mol. The Morgan fingerprint density at radius 1 is 0.900 bits per heavy atom. The summed E-state index contributed by atoms with van der Waals surface area (Å²) in [5, 5.41) is 8.78. The highest BCUT2D eigenvalue weighted by molar-refractivity contribution is 5.21. The van der Waals surface area contributed by atoms with Crippen molar-refractivity contribution in [2.24, 2.45) is 5.41 Å². The van der Waals surface area contributed by atoms with Gasteiger partial charge < -0.3 is 5.11 Å². The molecule has 0 spiro atoms. The third-order valence-corrected chi connectivity index (χ3v) is 3.36. The summed E-state index contributed by atoms with van der Waals surface area (Å²) in [6.45, 7) is 2.53. The lowest BCUT2D eigenvalue weighted by Crippen LogP contribution is -2.05. The van der Waals surface area contributed by atoms with Gasteiger partial charge in [-0.2, -0.15) is 0 Å². The molecule has 1 aliphatic carbocycles. The summed E-state index contributed by atoms with van der Waals surface area (Å²) in [6, 6.07) is 0. The van der Waals surface area contributed by atoms with E-state index < -0.39 is 0 Å². The van der Waals surface area contributed by atoms with Crippen LogP contribution in [-0.2, 0) is 0 Å². The van der Waals surface area contributed by atoms with Crippen LogP contribution in [0.5, 0.6) is 0 Å². The van der Waals surface area contributed by atoms with Crippen LogP contribution in [0.4, 0.5) is 0 Å². The Labute approximate surface area is 124 Å². The van der Waals surface area contributed by atoms with Crippen molar-refractivity contribution in [2.75, 3.05) is 6.61 Å². The van der Waals surface area contributed by atoms with Crippen molar-refractivity contribution >= 4 is 0 Å². The van der Waals surface area contributed by atoms with Crippen LogP contribution >= 0.6 is 0 Å². The van der Waals surface area contributed by atoms with Crippen molar-refractivity contribution in [3.8, 4) is 0 Å². The molecule has 1 unspecified atom stereocenters. The first-order valence-corrected chi connectivity index (χ1v) is 7.71. The van der Waals surface area contributed by atoms with Crippen molar-refractivity contribution in [3.05, 3.63) is 60.8 Å². The van der Waals surface area contributed by atoms with Gasteiger partial charge in [0.15, 0.2) is 0 Å². The predicted octanol–water partition coefficient (Wildman–Crippen LogP) is 5.12. The van der Waals surface area contributed by atoms with Crippen LogP contribution in [0.15, 0.2) is 60.8 Å². The van der Waals surface area contributed by atoms with Crippen LogP contribution in [0, 0.1) is 5.41 Å². The van der Waals surface area contributed by atoms with Gasteiger partial charge in [-0.3, -0.25) is 0 Å². The molecule has 0 amide bonds. The molecular formula is C19H28O. The Kier molecular flexibility index (Phi) is 8.73. The first kappa shape index (κ1) is 16.7. The summed E-state index contributed by atoms with van der Waals surface area (Å²) in [5.74, 6) is 0. The first-order chi connectivity index (χ1) is 9.77. The molecule has 20 heavy (non-hydrogen) atoms. The minimum absolute atomic E-state index is 0.0000911. The monoisotopic (exact) mass is 272 g/mol. The maximum Gasteiger partial charge on any atom is 0.0431 e. The largest absolute Gasteiger partial charge is 0.396 e. The van der Waals surface area contributed by atoms with Gasteiger partial charge in [0.1, 0.15) is 0 Å². The molecule has 1 nitrogen and oxygen atoms in total. The lowest BCUT2D eigenvalue weighted by Gasteiger charge is -2.17. The minimum Gasteiger partial charge on any atom is -0.396 e. The van der Waals surface area contributed by atoms with Gasteiger partial charge in [0, 0.05) is 12.0 Å². The van der Waals surface area contributed by atoms with Crippen molar-refractivity contribution < 1.29 is 5.11 Å². The zero-order chi connectivity index (χ0) is 14.5. The fourth-order valence-corrected chi connectivity index (χ4v) is 2.14. The Hall–Kier alpha value is -1.34. The van der Waals surface area contributed by atoms with Gasteiger partial charge in [0.05, 0.1) is 0 Å². The molecule has 0 saturated carbocycles. The smallest absolute Gasteiger partial charge is 0.0431 e. The molecule has 0 heterocycles. The normalized spacial score (nSPS) is 28.7. The van der Waals surface area contributed by atoms with E-state index in [4.69, 9.17) is 5.11 Å². The van der Waals surface area contributed by atoms with E-state index in [-0.39, 0.29) is 5.41 Å². The van der Waals surface area contributed by atoms with Crippen LogP contribution in [0.2, 0.25) is 0 Å². The average molecular weight is 272 g/mol. The van der Waals surface area contributed by atoms with E-state index in [0.717, 1.165) is 38.5 Å². The molecule has 1 atom stereocenters. The number of allylic oxidation sites excluding steroid dienone is 10. The number of aliphatic hydroxyl groups excluding tert-OH is 1. The fourth-order valence-electron chi connectivity index (χ4n) is 2.14. The van der Waals surface area contributed by atoms with Gasteiger partial charge in [-0.05, 0) is 45.4 Å². The fraction of sp³-hybridized carbons (Fsp3) is 0.474. The molecule has 0 bridgehead atoms. The second kappa shape index (κ2) is 10.4. The van der Waals surface area contributed by atoms with Crippen LogP contribution < -0.4 is 0 Å². The molecule has 1 N–H and O–H groups in total. The number of unbranched alkanes of at least 4 members (excludes halogenated alkanes) is 2. The van der Waals surface area contributed by atoms with E-state index in [9.17, 15) is 0 Å². The molecule has 1 rings (SSSR count). The third kappa shape index (κ3) is 7.96. The number of rotatable bonds is 5. The molecule has 1 heteroatoms. The molecule has 0 aromatic carbocycles. The number of hydrogen-bond donors (Lipinski definition) is 1. The second-order valence-electron chi connectivity index (χ2n) is 5.44. The van der Waals surface area contributed by atoms with Crippen LogP contribution in [-0.4, -0.2) is 11.7 Å². The average Bonchev–Trinajstić information content (AvgIpc) is 2.43. The third-order valence-electron chi connectivity index (χ3n) is 3.36. The molecule has 0 fully saturated rings. The van der Waals surface area contributed by atoms with Crippen LogP contribution in [0.25, 0.3) is 0 Å². The summed E-state index contributed by atoms with van der Waals surface area (Å²) in [4.78, 5) is 0. The van der Waals surface area contributed by atoms with Gasteiger partial charge in [-0.25, -0.2) is 0 Å². The van der Waals surface area contributed by atoms with Crippen molar-refractivity contribution in [2.45, 2.75) is 45.4 Å². The SMILES string of the molecule is CC1(/C=C\CCCCO)C=CC/C=C\C/C=C\C/C=C\1. The van der Waals surface area contributed by atoms with Crippen LogP contribution in [0.3, 0.4) is 0 Å². The summed E-state index contributed by atoms with van der Waals surface area (Å²) in [5.41, 5.74) is 0.0000911. The summed E-state index contributed by atoms with van der Waals surface area (Å²) < 4.78 is 0. The summed E-state index contributed by atoms with van der Waals surface area (Å²) in [7, 11) is 0. The molecule has 0 aromatic heterocycles. The van der Waals surface area contributed by atoms with Crippen LogP contribution in [0.1, 0.15) is 45.4 Å². The van der Waals surface area contributed by atoms with E-state index in [1.54, 1.807) is 0 Å². The van der Waals surface area contributed by atoms with Gasteiger partial charge >= 0.3 is 0 Å². The lowest BCUT2D eigenvalue weighted by atomic mass is 9.88. The van der Waals surface area contributed by atoms with Gasteiger partial charge in [-0.15, -0.1) is 0 Å². The Morgan fingerprint density at radius 3 is 2.00 bits per heavy atom. The topological polar surface area (TPSA) is 20.2 Å². The highest BCUT2D eigenvalue weighted by Gasteiger charge is 2.11. The molecule has 0 aromatic rings. The van der Waals surface area contributed by atoms with Crippen molar-refractivity contribution in [1.29, 1.82) is 0 Å². The highest BCUT2D eigenvalue weighted by Crippen LogP contribution is 2.24. The predicted molar refractivity (Wildman–Crippen MR) is 88.6 cm³/mol. The molecule has 0 saturated heterocycles. The number of aliphatic hydroxyl groups is 1. The standard InChI is InChI=1S/C19H28O/c1-19(17-13-9-10-14-18-20)15-11-7-5-3-2-4-6-8-12-16-19/h3-6,11-13,15-17,20H,2,7-10,14,18H2,1H3/b5-3-,6-4-,15-11-,16-12?,17-13-. The Bertz CT molecular complexity index is 359. The van der Waals surface area contributed by atoms with Gasteiger partial charge in [0.2, 0.25) is 0 Å². The van der Waals surface area contributed by atoms with E-state index >= 15 is 0 Å². The maximum atomic E-state index is 8.78. The van der Waals surface area contributed by atoms with Crippen molar-refractivity contribution in [3.63, 3.8) is 0 Å². The van der Waals surface area contributed by atoms with E-state index in [0.29, 0.717) is 6.61 Å². The van der Waals surface area contributed by atoms with Gasteiger partial charge in [0.25, 0.3) is 0 Å². The molecule has 0 radical (unpaired) electrons. The highest BCUT2D eigenvalue weighted by atomic mass is 16.2. The van der Waals surface area contributed by atoms with E-state index in [2.05, 4.69) is 67.7 Å². The zero-order valence-electron chi connectivity index (χ0n) is 12.7. The summed E-state index contributed by atoms with van der Waals surface area (Å²) >= 11 is 0. The van der Waals surface area contributed by atoms with E-state index in [1.165, 1.54) is 0 Å². The minimum atomic E-state index is 0.0000911. The van der Waals surface area contributed by atoms with E-state index in [1.807, 2.05) is 0 Å². The Morgan fingerprint density at radius 2 is 1.45 bits per heavy atom. The lowest BCUT2D eigenvalue weighted by molar-refractivity contribution is 0.285. The summed E-state index contributed by atoms with van der Waals surface area (Å²) in [6.07, 6.45) is 28.4. The molecule has 0 aliphatic heterocycles. The second-order valence-corrected chi connectivity index (χ2v) is 5.44. The first-order valence-electron chi connectivity index (χ1n) is 7.71. The molecule has 1 aliphatic rings. The molecule has 110 valence electrons. The van der Waals surface area contributed by atoms with Gasteiger partial charge in [-0.1, -0.05) is 60.8 Å². The number of hydrogen-bond acceptors (Lipinski definition) is 1. The quantitative estimate of drug-likeness (QED) is 0.544. The maximum absolute atomic E-state index is 8.78. The Balaban J connectivity index is 2.64. The zero-order valence-corrected chi connectivity index (χ0v) is 12.7.